The van der Waals surface area contributed by atoms with Gasteiger partial charge in [-0.2, -0.15) is 0 Å². The maximum absolute atomic E-state index is 12.3. The molecule has 4 aromatic rings. The molecule has 0 aliphatic rings. The fourth-order valence-corrected chi connectivity index (χ4v) is 4.65. The van der Waals surface area contributed by atoms with E-state index in [9.17, 15) is 9.59 Å². The Morgan fingerprint density at radius 3 is 2.48 bits per heavy atom. The number of benzene rings is 2. The molecule has 0 spiro atoms. The molecule has 4 rings (SSSR count). The predicted octanol–water partition coefficient (Wildman–Crippen LogP) is 4.57. The normalized spacial score (nSPS) is 10.6. The quantitative estimate of drug-likeness (QED) is 0.150. The summed E-state index contributed by atoms with van der Waals surface area (Å²) in [7, 11) is 11.3. The first-order valence-electron chi connectivity index (χ1n) is 14.5. The molecule has 0 aliphatic heterocycles. The van der Waals surface area contributed by atoms with Crippen molar-refractivity contribution in [2.75, 3.05) is 71.0 Å². The molecule has 0 fully saturated rings. The number of likely N-dealkylation sites (N-methyl/N-ethyl adjacent to an activating group) is 2. The van der Waals surface area contributed by atoms with Gasteiger partial charge in [0.1, 0.15) is 12.0 Å². The summed E-state index contributed by atoms with van der Waals surface area (Å²) in [5.74, 6) is 0.624. The first-order chi connectivity index (χ1) is 21.2. The average molecular weight is 601 g/mol. The monoisotopic (exact) mass is 600 g/mol. The number of rotatable bonds is 13. The molecule has 0 unspecified atom stereocenters. The highest BCUT2D eigenvalue weighted by molar-refractivity contribution is 6.02. The van der Waals surface area contributed by atoms with Crippen LogP contribution in [0.1, 0.15) is 12.5 Å². The van der Waals surface area contributed by atoms with Crippen LogP contribution in [0.5, 0.6) is 5.75 Å². The Morgan fingerprint density at radius 1 is 1.11 bits per heavy atom. The van der Waals surface area contributed by atoms with Crippen molar-refractivity contribution < 1.29 is 14.3 Å². The molecule has 0 saturated carbocycles. The van der Waals surface area contributed by atoms with Gasteiger partial charge in [0.2, 0.25) is 11.9 Å². The van der Waals surface area contributed by atoms with Crippen LogP contribution in [0.25, 0.3) is 22.2 Å². The number of aromatic nitrogens is 3. The fraction of sp³-hybridized carbons (Fsp3) is 0.333. The standard InChI is InChI=1S/C31H37N7O3.C2H7N/c1-7-21-19-32-31(35-30(21)23-20-38(15-16-39)26-12-10-9-11-22(23)26)34-25-17-24(33-29(40)8-2)27(18-28(25)41-6)37(5)14-13-36(3)4;1-3-2/h8-12,16-20H,2,7,13-15H2,1,3-6H3,(H,33,40)(H,32,34,35);3H,1-2H3. The minimum Gasteiger partial charge on any atom is -0.494 e. The summed E-state index contributed by atoms with van der Waals surface area (Å²) in [6.07, 6.45) is 6.64. The van der Waals surface area contributed by atoms with Crippen molar-refractivity contribution in [3.05, 3.63) is 67.0 Å². The molecule has 0 radical (unpaired) electrons. The van der Waals surface area contributed by atoms with Gasteiger partial charge in [-0.1, -0.05) is 31.7 Å². The highest BCUT2D eigenvalue weighted by Crippen LogP contribution is 2.38. The number of aryl methyl sites for hydroxylation is 1. The number of para-hydroxylation sites is 1. The number of aldehydes is 1. The second-order valence-corrected chi connectivity index (χ2v) is 10.4. The minimum absolute atomic E-state index is 0.254. The van der Waals surface area contributed by atoms with Crippen LogP contribution in [0.2, 0.25) is 0 Å². The number of hydrogen-bond donors (Lipinski definition) is 3. The molecular weight excluding hydrogens is 556 g/mol. The first-order valence-corrected chi connectivity index (χ1v) is 14.5. The largest absolute Gasteiger partial charge is 0.494 e. The SMILES string of the molecule is C=CC(=O)Nc1cc(Nc2ncc(CC)c(-c3cn(CC=O)c4ccccc34)n2)c(OC)cc1N(C)CCN(C)C.CNC. The van der Waals surface area contributed by atoms with Crippen molar-refractivity contribution in [2.45, 2.75) is 19.9 Å². The molecule has 2 aromatic heterocycles. The summed E-state index contributed by atoms with van der Waals surface area (Å²) < 4.78 is 7.67. The summed E-state index contributed by atoms with van der Waals surface area (Å²) in [5.41, 5.74) is 5.64. The van der Waals surface area contributed by atoms with Crippen LogP contribution in [0.3, 0.4) is 0 Å². The Balaban J connectivity index is 0.00000169. The Bertz CT molecular complexity index is 1580. The van der Waals surface area contributed by atoms with E-state index in [2.05, 4.69) is 44.2 Å². The summed E-state index contributed by atoms with van der Waals surface area (Å²) >= 11 is 0. The number of carbonyl (C=O) groups is 2. The molecule has 3 N–H and O–H groups in total. The summed E-state index contributed by atoms with van der Waals surface area (Å²) in [6.45, 7) is 7.47. The van der Waals surface area contributed by atoms with Gasteiger partial charge in [0.15, 0.2) is 0 Å². The summed E-state index contributed by atoms with van der Waals surface area (Å²) in [4.78, 5) is 37.3. The number of fused-ring (bicyclic) bond motifs is 1. The molecule has 1 amide bonds. The van der Waals surface area contributed by atoms with E-state index >= 15 is 0 Å². The lowest BCUT2D eigenvalue weighted by molar-refractivity contribution is -0.112. The van der Waals surface area contributed by atoms with Crippen LogP contribution >= 0.6 is 0 Å². The number of hydrogen-bond acceptors (Lipinski definition) is 9. The zero-order chi connectivity index (χ0) is 32.2. The molecule has 2 aromatic carbocycles. The number of anilines is 4. The van der Waals surface area contributed by atoms with Crippen LogP contribution in [0.4, 0.5) is 23.0 Å². The number of ether oxygens (including phenoxy) is 1. The highest BCUT2D eigenvalue weighted by Gasteiger charge is 2.19. The molecule has 0 saturated heterocycles. The van der Waals surface area contributed by atoms with Gasteiger partial charge in [-0.25, -0.2) is 9.97 Å². The van der Waals surface area contributed by atoms with Gasteiger partial charge in [0, 0.05) is 55.1 Å². The van der Waals surface area contributed by atoms with Gasteiger partial charge >= 0.3 is 0 Å². The maximum atomic E-state index is 12.3. The van der Waals surface area contributed by atoms with E-state index < -0.39 is 0 Å². The van der Waals surface area contributed by atoms with Crippen LogP contribution < -0.4 is 25.6 Å². The van der Waals surface area contributed by atoms with Gasteiger partial charge in [0.25, 0.3) is 0 Å². The van der Waals surface area contributed by atoms with Gasteiger partial charge in [-0.3, -0.25) is 4.79 Å². The lowest BCUT2D eigenvalue weighted by atomic mass is 10.0. The van der Waals surface area contributed by atoms with Crippen molar-refractivity contribution in [3.8, 4) is 17.0 Å². The maximum Gasteiger partial charge on any atom is 0.247 e. The van der Waals surface area contributed by atoms with Gasteiger partial charge < -0.3 is 39.8 Å². The fourth-order valence-electron chi connectivity index (χ4n) is 4.65. The molecule has 44 heavy (non-hydrogen) atoms. The van der Waals surface area contributed by atoms with Crippen molar-refractivity contribution >= 4 is 46.1 Å². The highest BCUT2D eigenvalue weighted by atomic mass is 16.5. The average Bonchev–Trinajstić information content (AvgIpc) is 3.38. The number of methoxy groups -OCH3 is 1. The van der Waals surface area contributed by atoms with Gasteiger partial charge in [-0.05, 0) is 58.4 Å². The van der Waals surface area contributed by atoms with E-state index in [-0.39, 0.29) is 12.5 Å². The van der Waals surface area contributed by atoms with Crippen LogP contribution in [-0.2, 0) is 22.6 Å². The third-order valence-electron chi connectivity index (χ3n) is 6.86. The molecule has 11 heteroatoms. The predicted molar refractivity (Wildman–Crippen MR) is 180 cm³/mol. The topological polar surface area (TPSA) is 117 Å². The van der Waals surface area contributed by atoms with E-state index in [0.717, 1.165) is 59.2 Å². The first kappa shape index (κ1) is 33.8. The van der Waals surface area contributed by atoms with Crippen molar-refractivity contribution in [2.24, 2.45) is 0 Å². The van der Waals surface area contributed by atoms with Gasteiger partial charge in [0.05, 0.1) is 36.4 Å². The third-order valence-corrected chi connectivity index (χ3v) is 6.86. The lowest BCUT2D eigenvalue weighted by Crippen LogP contribution is -2.29. The lowest BCUT2D eigenvalue weighted by Gasteiger charge is -2.26. The molecule has 0 atom stereocenters. The molecule has 2 heterocycles. The van der Waals surface area contributed by atoms with Crippen molar-refractivity contribution in [1.29, 1.82) is 0 Å². The Hall–Kier alpha value is -4.74. The van der Waals surface area contributed by atoms with Gasteiger partial charge in [-0.15, -0.1) is 0 Å². The molecule has 0 bridgehead atoms. The number of nitrogens with zero attached hydrogens (tertiary/aromatic N) is 5. The second kappa shape index (κ2) is 16.2. The Morgan fingerprint density at radius 2 is 1.84 bits per heavy atom. The number of carbonyl (C=O) groups excluding carboxylic acids is 2. The molecular formula is C33H44N8O3. The van der Waals surface area contributed by atoms with E-state index in [0.29, 0.717) is 23.1 Å². The van der Waals surface area contributed by atoms with Crippen molar-refractivity contribution in [3.63, 3.8) is 0 Å². The van der Waals surface area contributed by atoms with E-state index in [4.69, 9.17) is 9.72 Å². The van der Waals surface area contributed by atoms with E-state index in [1.165, 1.54) is 6.08 Å². The summed E-state index contributed by atoms with van der Waals surface area (Å²) in [5, 5.41) is 9.97. The second-order valence-electron chi connectivity index (χ2n) is 10.4. The minimum atomic E-state index is -0.319. The number of nitrogens with one attached hydrogen (secondary N) is 3. The Kier molecular flexibility index (Phi) is 12.4. The smallest absolute Gasteiger partial charge is 0.247 e. The van der Waals surface area contributed by atoms with E-state index in [1.807, 2.05) is 88.6 Å². The zero-order valence-corrected chi connectivity index (χ0v) is 26.8. The third kappa shape index (κ3) is 8.21. The molecule has 234 valence electrons. The van der Waals surface area contributed by atoms with Crippen LogP contribution in [-0.4, -0.2) is 87.1 Å². The van der Waals surface area contributed by atoms with Crippen molar-refractivity contribution in [1.82, 2.24) is 24.8 Å². The Labute approximate surface area is 259 Å². The summed E-state index contributed by atoms with van der Waals surface area (Å²) in [6, 6.07) is 11.7. The number of amides is 1. The van der Waals surface area contributed by atoms with Crippen LogP contribution in [0.15, 0.2) is 61.4 Å². The zero-order valence-electron chi connectivity index (χ0n) is 26.8. The molecule has 0 aliphatic carbocycles. The van der Waals surface area contributed by atoms with Crippen LogP contribution in [0, 0.1) is 0 Å². The van der Waals surface area contributed by atoms with E-state index in [1.54, 1.807) is 7.11 Å². The molecule has 11 nitrogen and oxygen atoms in total.